The van der Waals surface area contributed by atoms with Gasteiger partial charge in [0, 0.05) is 18.5 Å². The predicted octanol–water partition coefficient (Wildman–Crippen LogP) is 2.85. The summed E-state index contributed by atoms with van der Waals surface area (Å²) in [5.41, 5.74) is 3.12. The van der Waals surface area contributed by atoms with Crippen molar-refractivity contribution in [2.24, 2.45) is 5.41 Å². The van der Waals surface area contributed by atoms with Crippen molar-refractivity contribution >= 4 is 17.5 Å². The molecule has 0 aromatic heterocycles. The molecule has 1 aliphatic rings. The summed E-state index contributed by atoms with van der Waals surface area (Å²) in [5.74, 6) is -0.190. The fraction of sp³-hybridized carbons (Fsp3) is 0.500. The lowest BCUT2D eigenvalue weighted by Crippen LogP contribution is -2.48. The van der Waals surface area contributed by atoms with Gasteiger partial charge in [-0.25, -0.2) is 0 Å². The lowest BCUT2D eigenvalue weighted by atomic mass is 9.82. The maximum Gasteiger partial charge on any atom is 0.231 e. The number of rotatable bonds is 3. The number of carbonyl (C=O) groups is 2. The molecule has 0 saturated carbocycles. The van der Waals surface area contributed by atoms with E-state index in [1.165, 1.54) is 16.0 Å². The second kappa shape index (κ2) is 5.27. The fourth-order valence-electron chi connectivity index (χ4n) is 2.41. The molecule has 0 spiro atoms. The quantitative estimate of drug-likeness (QED) is 0.862. The first-order valence-electron chi connectivity index (χ1n) is 6.93. The highest BCUT2D eigenvalue weighted by atomic mass is 16.2. The Morgan fingerprint density at radius 1 is 1.10 bits per heavy atom. The largest absolute Gasteiger partial charge is 0.367 e. The van der Waals surface area contributed by atoms with Crippen LogP contribution >= 0.6 is 0 Å². The average Bonchev–Trinajstić information content (AvgIpc) is 2.31. The summed E-state index contributed by atoms with van der Waals surface area (Å²) in [6.07, 6.45) is 0.848. The Labute approximate surface area is 120 Å². The maximum absolute atomic E-state index is 12.0. The third-order valence-corrected chi connectivity index (χ3v) is 3.81. The molecular weight excluding hydrogens is 252 g/mol. The van der Waals surface area contributed by atoms with E-state index in [4.69, 9.17) is 0 Å². The summed E-state index contributed by atoms with van der Waals surface area (Å²) in [7, 11) is 0. The number of aryl methyl sites for hydroxylation is 2. The Hall–Kier alpha value is -1.84. The third-order valence-electron chi connectivity index (χ3n) is 3.81. The van der Waals surface area contributed by atoms with Gasteiger partial charge in [0.15, 0.2) is 0 Å². The summed E-state index contributed by atoms with van der Waals surface area (Å²) in [6.45, 7) is 8.25. The number of hydrogen-bond acceptors (Lipinski definition) is 3. The summed E-state index contributed by atoms with van der Waals surface area (Å²) in [6, 6.07) is 6.02. The monoisotopic (exact) mass is 274 g/mol. The van der Waals surface area contributed by atoms with Gasteiger partial charge in [-0.15, -0.1) is 0 Å². The SMILES string of the molecule is Cc1ccc(NCN2C(=O)CC(C)(C)CC2=O)cc1C. The molecule has 1 saturated heterocycles. The first kappa shape index (κ1) is 14.6. The van der Waals surface area contributed by atoms with Crippen LogP contribution in [0.4, 0.5) is 5.69 Å². The van der Waals surface area contributed by atoms with Gasteiger partial charge in [0.1, 0.15) is 0 Å². The first-order chi connectivity index (χ1) is 9.28. The normalized spacial score (nSPS) is 18.3. The van der Waals surface area contributed by atoms with Crippen molar-refractivity contribution in [2.75, 3.05) is 12.0 Å². The fourth-order valence-corrected chi connectivity index (χ4v) is 2.41. The Morgan fingerprint density at radius 3 is 2.25 bits per heavy atom. The summed E-state index contributed by atoms with van der Waals surface area (Å²) < 4.78 is 0. The second-order valence-corrected chi connectivity index (χ2v) is 6.37. The van der Waals surface area contributed by atoms with Gasteiger partial charge in [0.2, 0.25) is 11.8 Å². The highest BCUT2D eigenvalue weighted by Crippen LogP contribution is 2.31. The van der Waals surface area contributed by atoms with Crippen LogP contribution in [0.15, 0.2) is 18.2 Å². The number of amides is 2. The molecule has 108 valence electrons. The topological polar surface area (TPSA) is 49.4 Å². The zero-order valence-corrected chi connectivity index (χ0v) is 12.6. The number of piperidine rings is 1. The molecule has 2 amide bonds. The number of benzene rings is 1. The molecule has 1 aliphatic heterocycles. The molecule has 0 unspecified atom stereocenters. The van der Waals surface area contributed by atoms with Gasteiger partial charge in [-0.1, -0.05) is 19.9 Å². The Balaban J connectivity index is 2.01. The minimum Gasteiger partial charge on any atom is -0.367 e. The van der Waals surface area contributed by atoms with Crippen LogP contribution in [0, 0.1) is 19.3 Å². The van der Waals surface area contributed by atoms with E-state index in [-0.39, 0.29) is 23.9 Å². The van der Waals surface area contributed by atoms with Crippen molar-refractivity contribution in [1.82, 2.24) is 4.90 Å². The van der Waals surface area contributed by atoms with Crippen LogP contribution in [-0.4, -0.2) is 23.4 Å². The van der Waals surface area contributed by atoms with E-state index in [1.54, 1.807) is 0 Å². The van der Waals surface area contributed by atoms with Crippen LogP contribution < -0.4 is 5.32 Å². The molecule has 2 rings (SSSR count). The molecule has 20 heavy (non-hydrogen) atoms. The lowest BCUT2D eigenvalue weighted by Gasteiger charge is -2.34. The van der Waals surface area contributed by atoms with Crippen LogP contribution in [-0.2, 0) is 9.59 Å². The first-order valence-corrected chi connectivity index (χ1v) is 6.93. The van der Waals surface area contributed by atoms with Gasteiger partial charge in [0.05, 0.1) is 6.67 Å². The highest BCUT2D eigenvalue weighted by molar-refractivity contribution is 5.98. The Kier molecular flexibility index (Phi) is 3.84. The minimum absolute atomic E-state index is 0.0948. The van der Waals surface area contributed by atoms with E-state index in [0.717, 1.165) is 5.69 Å². The smallest absolute Gasteiger partial charge is 0.231 e. The van der Waals surface area contributed by atoms with Crippen LogP contribution in [0.1, 0.15) is 37.8 Å². The lowest BCUT2D eigenvalue weighted by molar-refractivity contribution is -0.151. The molecule has 1 N–H and O–H groups in total. The van der Waals surface area contributed by atoms with Crippen molar-refractivity contribution in [3.63, 3.8) is 0 Å². The molecule has 0 radical (unpaired) electrons. The predicted molar refractivity (Wildman–Crippen MR) is 79.3 cm³/mol. The van der Waals surface area contributed by atoms with E-state index >= 15 is 0 Å². The third kappa shape index (κ3) is 3.18. The number of carbonyl (C=O) groups excluding carboxylic acids is 2. The number of imide groups is 1. The number of nitrogens with one attached hydrogen (secondary N) is 1. The van der Waals surface area contributed by atoms with E-state index in [2.05, 4.69) is 12.2 Å². The zero-order valence-electron chi connectivity index (χ0n) is 12.6. The van der Waals surface area contributed by atoms with Gasteiger partial charge in [-0.3, -0.25) is 14.5 Å². The van der Waals surface area contributed by atoms with Gasteiger partial charge >= 0.3 is 0 Å². The number of hydrogen-bond donors (Lipinski definition) is 1. The van der Waals surface area contributed by atoms with E-state index < -0.39 is 0 Å². The average molecular weight is 274 g/mol. The van der Waals surface area contributed by atoms with Gasteiger partial charge < -0.3 is 5.32 Å². The Morgan fingerprint density at radius 2 is 1.70 bits per heavy atom. The standard InChI is InChI=1S/C16H22N2O2/c1-11-5-6-13(7-12(11)2)17-10-18-14(19)8-16(3,4)9-15(18)20/h5-7,17H,8-10H2,1-4H3. The maximum atomic E-state index is 12.0. The van der Waals surface area contributed by atoms with Gasteiger partial charge in [0.25, 0.3) is 0 Å². The van der Waals surface area contributed by atoms with E-state index in [0.29, 0.717) is 12.8 Å². The minimum atomic E-state index is -0.217. The second-order valence-electron chi connectivity index (χ2n) is 6.37. The van der Waals surface area contributed by atoms with Crippen LogP contribution in [0.3, 0.4) is 0 Å². The molecular formula is C16H22N2O2. The van der Waals surface area contributed by atoms with Crippen molar-refractivity contribution in [3.8, 4) is 0 Å². The van der Waals surface area contributed by atoms with Crippen molar-refractivity contribution < 1.29 is 9.59 Å². The Bertz CT molecular complexity index is 529. The summed E-state index contributed by atoms with van der Waals surface area (Å²) in [4.78, 5) is 25.4. The van der Waals surface area contributed by atoms with Crippen molar-refractivity contribution in [3.05, 3.63) is 29.3 Å². The molecule has 1 aromatic rings. The van der Waals surface area contributed by atoms with E-state index in [9.17, 15) is 9.59 Å². The van der Waals surface area contributed by atoms with Crippen LogP contribution in [0.2, 0.25) is 0 Å². The molecule has 0 atom stereocenters. The van der Waals surface area contributed by atoms with Crippen LogP contribution in [0.5, 0.6) is 0 Å². The number of nitrogens with zero attached hydrogens (tertiary/aromatic N) is 1. The molecule has 0 bridgehead atoms. The molecule has 1 aromatic carbocycles. The molecule has 1 fully saturated rings. The molecule has 0 aliphatic carbocycles. The van der Waals surface area contributed by atoms with Crippen LogP contribution in [0.25, 0.3) is 0 Å². The summed E-state index contributed by atoms with van der Waals surface area (Å²) in [5, 5.41) is 3.15. The van der Waals surface area contributed by atoms with Crippen molar-refractivity contribution in [2.45, 2.75) is 40.5 Å². The van der Waals surface area contributed by atoms with Gasteiger partial charge in [-0.2, -0.15) is 0 Å². The van der Waals surface area contributed by atoms with Crippen molar-refractivity contribution in [1.29, 1.82) is 0 Å². The zero-order chi connectivity index (χ0) is 14.9. The number of anilines is 1. The highest BCUT2D eigenvalue weighted by Gasteiger charge is 2.37. The molecule has 4 nitrogen and oxygen atoms in total. The van der Waals surface area contributed by atoms with Gasteiger partial charge in [-0.05, 0) is 42.5 Å². The summed E-state index contributed by atoms with van der Waals surface area (Å²) >= 11 is 0. The molecule has 4 heteroatoms. The van der Waals surface area contributed by atoms with E-state index in [1.807, 2.05) is 39.0 Å². The molecule has 1 heterocycles. The number of likely N-dealkylation sites (tertiary alicyclic amines) is 1.